The van der Waals surface area contributed by atoms with Gasteiger partial charge in [0.05, 0.1) is 12.7 Å². The van der Waals surface area contributed by atoms with Crippen LogP contribution in [0.15, 0.2) is 48.5 Å². The summed E-state index contributed by atoms with van der Waals surface area (Å²) in [5.41, 5.74) is 1.62. The zero-order valence-corrected chi connectivity index (χ0v) is 19.7. The first-order valence-electron chi connectivity index (χ1n) is 12.0. The summed E-state index contributed by atoms with van der Waals surface area (Å²) in [6.45, 7) is 7.34. The number of likely N-dealkylation sites (tertiary alicyclic amines) is 2. The van der Waals surface area contributed by atoms with Gasteiger partial charge in [-0.15, -0.1) is 0 Å². The van der Waals surface area contributed by atoms with E-state index in [1.165, 1.54) is 0 Å². The van der Waals surface area contributed by atoms with Crippen molar-refractivity contribution in [1.82, 2.24) is 9.80 Å². The highest BCUT2D eigenvalue weighted by atomic mass is 19.1. The van der Waals surface area contributed by atoms with E-state index in [1.807, 2.05) is 48.5 Å². The first kappa shape index (κ1) is 23.7. The van der Waals surface area contributed by atoms with Gasteiger partial charge < -0.3 is 19.6 Å². The first-order valence-corrected chi connectivity index (χ1v) is 12.0. The van der Waals surface area contributed by atoms with Gasteiger partial charge in [-0.2, -0.15) is 0 Å². The van der Waals surface area contributed by atoms with Gasteiger partial charge in [-0.05, 0) is 87.5 Å². The van der Waals surface area contributed by atoms with Gasteiger partial charge in [-0.1, -0.05) is 24.3 Å². The molecule has 0 bridgehead atoms. The second-order valence-electron chi connectivity index (χ2n) is 10.0. The molecule has 0 unspecified atom stereocenters. The topological polar surface area (TPSA) is 53.0 Å². The number of hydrogen-bond donors (Lipinski definition) is 1. The number of carbonyl (C=O) groups is 1. The number of rotatable bonds is 7. The molecule has 5 nitrogen and oxygen atoms in total. The Morgan fingerprint density at radius 3 is 2.15 bits per heavy atom. The summed E-state index contributed by atoms with van der Waals surface area (Å²) in [7, 11) is 0. The molecule has 0 saturated carbocycles. The van der Waals surface area contributed by atoms with Crippen LogP contribution in [0.3, 0.4) is 0 Å². The van der Waals surface area contributed by atoms with Gasteiger partial charge in [0.15, 0.2) is 0 Å². The fourth-order valence-corrected chi connectivity index (χ4v) is 4.71. The van der Waals surface area contributed by atoms with Gasteiger partial charge in [-0.3, -0.25) is 4.79 Å². The minimum atomic E-state index is -1.14. The maximum atomic E-state index is 13.8. The maximum Gasteiger partial charge on any atom is 0.253 e. The quantitative estimate of drug-likeness (QED) is 0.674. The molecule has 2 heterocycles. The van der Waals surface area contributed by atoms with Crippen molar-refractivity contribution in [2.24, 2.45) is 5.92 Å². The average molecular weight is 455 g/mol. The molecule has 1 atom stereocenters. The number of aliphatic hydroxyl groups excluding tert-OH is 1. The first-order chi connectivity index (χ1) is 15.8. The number of hydrogen-bond acceptors (Lipinski definition) is 4. The molecule has 1 amide bonds. The van der Waals surface area contributed by atoms with E-state index in [2.05, 4.69) is 4.90 Å². The molecule has 178 valence electrons. The smallest absolute Gasteiger partial charge is 0.253 e. The molecule has 0 radical (unpaired) electrons. The van der Waals surface area contributed by atoms with Crippen molar-refractivity contribution in [2.45, 2.75) is 44.9 Å². The van der Waals surface area contributed by atoms with E-state index < -0.39 is 11.8 Å². The number of halogens is 1. The lowest BCUT2D eigenvalue weighted by atomic mass is 9.97. The Kier molecular flexibility index (Phi) is 7.35. The van der Waals surface area contributed by atoms with Crippen LogP contribution >= 0.6 is 0 Å². The minimum absolute atomic E-state index is 0.0268. The second kappa shape index (κ2) is 10.2. The van der Waals surface area contributed by atoms with Crippen LogP contribution in [0.1, 0.15) is 43.5 Å². The van der Waals surface area contributed by atoms with E-state index in [4.69, 9.17) is 4.74 Å². The average Bonchev–Trinajstić information content (AvgIpc) is 3.24. The molecule has 0 aromatic heterocycles. The summed E-state index contributed by atoms with van der Waals surface area (Å²) < 4.78 is 19.9. The largest absolute Gasteiger partial charge is 0.493 e. The van der Waals surface area contributed by atoms with Crippen LogP contribution in [0.2, 0.25) is 0 Å². The number of benzene rings is 2. The van der Waals surface area contributed by atoms with E-state index in [9.17, 15) is 14.3 Å². The highest BCUT2D eigenvalue weighted by Gasteiger charge is 2.26. The standard InChI is InChI=1S/C27H35FN2O3/c1-27(2,28)19-29-14-11-20(12-15-29)18-33-25-9-7-22(8-10-25)21-3-5-23(6-4-21)26(32)30-16-13-24(31)17-30/h3-10,20,24,31H,11-19H2,1-2H3/t24-/m1/s1. The Bertz CT molecular complexity index is 916. The van der Waals surface area contributed by atoms with Gasteiger partial charge in [0, 0.05) is 25.2 Å². The second-order valence-corrected chi connectivity index (χ2v) is 10.0. The lowest BCUT2D eigenvalue weighted by molar-refractivity contribution is 0.0765. The predicted molar refractivity (Wildman–Crippen MR) is 128 cm³/mol. The molecule has 0 spiro atoms. The SMILES string of the molecule is CC(C)(F)CN1CCC(COc2ccc(-c3ccc(C(=O)N4CC[C@@H](O)C4)cc3)cc2)CC1. The molecule has 0 aliphatic carbocycles. The fraction of sp³-hybridized carbons (Fsp3) is 0.519. The van der Waals surface area contributed by atoms with Crippen molar-refractivity contribution in [3.63, 3.8) is 0 Å². The Morgan fingerprint density at radius 2 is 1.61 bits per heavy atom. The summed E-state index contributed by atoms with van der Waals surface area (Å²) in [6.07, 6.45) is 2.32. The Morgan fingerprint density at radius 1 is 1.00 bits per heavy atom. The number of piperidine rings is 1. The van der Waals surface area contributed by atoms with Gasteiger partial charge >= 0.3 is 0 Å². The molecule has 6 heteroatoms. The van der Waals surface area contributed by atoms with Crippen LogP contribution < -0.4 is 4.74 Å². The number of nitrogens with zero attached hydrogens (tertiary/aromatic N) is 2. The van der Waals surface area contributed by atoms with E-state index >= 15 is 0 Å². The molecule has 2 aromatic carbocycles. The third-order valence-corrected chi connectivity index (χ3v) is 6.56. The van der Waals surface area contributed by atoms with Crippen molar-refractivity contribution in [2.75, 3.05) is 39.3 Å². The van der Waals surface area contributed by atoms with Crippen LogP contribution in [0, 0.1) is 5.92 Å². The number of aliphatic hydroxyl groups is 1. The Labute approximate surface area is 196 Å². The Balaban J connectivity index is 1.26. The lowest BCUT2D eigenvalue weighted by Crippen LogP contribution is -2.41. The van der Waals surface area contributed by atoms with Gasteiger partial charge in [0.25, 0.3) is 5.91 Å². The molecule has 2 aliphatic heterocycles. The van der Waals surface area contributed by atoms with E-state index in [0.717, 1.165) is 42.8 Å². The number of amides is 1. The number of β-amino-alcohol motifs (C(OH)–C–C–N with tert-alkyl or cyclic N) is 1. The van der Waals surface area contributed by atoms with E-state index in [-0.39, 0.29) is 5.91 Å². The zero-order chi connectivity index (χ0) is 23.4. The molecule has 33 heavy (non-hydrogen) atoms. The van der Waals surface area contributed by atoms with Gasteiger partial charge in [0.1, 0.15) is 11.4 Å². The minimum Gasteiger partial charge on any atom is -0.493 e. The van der Waals surface area contributed by atoms with E-state index in [1.54, 1.807) is 18.7 Å². The van der Waals surface area contributed by atoms with Crippen LogP contribution in [-0.4, -0.2) is 71.9 Å². The molecule has 4 rings (SSSR count). The van der Waals surface area contributed by atoms with Crippen LogP contribution in [0.25, 0.3) is 11.1 Å². The van der Waals surface area contributed by atoms with Crippen molar-refractivity contribution in [3.05, 3.63) is 54.1 Å². The van der Waals surface area contributed by atoms with Crippen LogP contribution in [0.5, 0.6) is 5.75 Å². The molecular weight excluding hydrogens is 419 g/mol. The molecule has 2 aromatic rings. The monoisotopic (exact) mass is 454 g/mol. The van der Waals surface area contributed by atoms with Crippen LogP contribution in [-0.2, 0) is 0 Å². The number of ether oxygens (including phenoxy) is 1. The third-order valence-electron chi connectivity index (χ3n) is 6.56. The van der Waals surface area contributed by atoms with Crippen LogP contribution in [0.4, 0.5) is 4.39 Å². The predicted octanol–water partition coefficient (Wildman–Crippen LogP) is 4.40. The number of alkyl halides is 1. The normalized spacial score (nSPS) is 20.2. The summed E-state index contributed by atoms with van der Waals surface area (Å²) in [5.74, 6) is 1.33. The highest BCUT2D eigenvalue weighted by Crippen LogP contribution is 2.25. The van der Waals surface area contributed by atoms with E-state index in [0.29, 0.717) is 44.1 Å². The zero-order valence-electron chi connectivity index (χ0n) is 19.7. The Hall–Kier alpha value is -2.44. The van der Waals surface area contributed by atoms with Crippen molar-refractivity contribution in [3.8, 4) is 16.9 Å². The summed E-state index contributed by atoms with van der Waals surface area (Å²) in [6, 6.07) is 15.7. The highest BCUT2D eigenvalue weighted by molar-refractivity contribution is 5.95. The van der Waals surface area contributed by atoms with Crippen molar-refractivity contribution in [1.29, 1.82) is 0 Å². The molecule has 2 fully saturated rings. The molecular formula is C27H35FN2O3. The molecule has 1 N–H and O–H groups in total. The summed E-state index contributed by atoms with van der Waals surface area (Å²) in [4.78, 5) is 16.5. The maximum absolute atomic E-state index is 13.8. The van der Waals surface area contributed by atoms with Gasteiger partial charge in [0.2, 0.25) is 0 Å². The third kappa shape index (κ3) is 6.55. The van der Waals surface area contributed by atoms with Crippen molar-refractivity contribution < 1.29 is 19.0 Å². The summed E-state index contributed by atoms with van der Waals surface area (Å²) >= 11 is 0. The number of carbonyl (C=O) groups excluding carboxylic acids is 1. The molecule has 2 saturated heterocycles. The lowest BCUT2D eigenvalue weighted by Gasteiger charge is -2.34. The van der Waals surface area contributed by atoms with Gasteiger partial charge in [-0.25, -0.2) is 4.39 Å². The van der Waals surface area contributed by atoms with Crippen molar-refractivity contribution >= 4 is 5.91 Å². The summed E-state index contributed by atoms with van der Waals surface area (Å²) in [5, 5.41) is 9.65. The molecule has 2 aliphatic rings. The fourth-order valence-electron chi connectivity index (χ4n) is 4.71.